The Balaban J connectivity index is 2.84. The lowest BCUT2D eigenvalue weighted by Crippen LogP contribution is -2.32. The van der Waals surface area contributed by atoms with Gasteiger partial charge in [-0.1, -0.05) is 20.3 Å². The molecule has 0 aliphatic carbocycles. The molecule has 0 bridgehead atoms. The van der Waals surface area contributed by atoms with E-state index in [4.69, 9.17) is 10.5 Å². The predicted octanol–water partition coefficient (Wildman–Crippen LogP) is 2.14. The monoisotopic (exact) mass is 266 g/mol. The molecule has 2 N–H and O–H groups in total. The van der Waals surface area contributed by atoms with E-state index in [-0.39, 0.29) is 0 Å². The molecule has 0 radical (unpaired) electrons. The van der Waals surface area contributed by atoms with Crippen LogP contribution in [-0.4, -0.2) is 36.2 Å². The van der Waals surface area contributed by atoms with Gasteiger partial charge in [-0.15, -0.1) is 0 Å². The number of rotatable bonds is 9. The number of nitrogens with two attached hydrogens (primary N) is 1. The molecular formula is C14H26N4O. The number of hydrogen-bond donors (Lipinski definition) is 1. The summed E-state index contributed by atoms with van der Waals surface area (Å²) < 4.78 is 5.60. The normalized spacial score (nSPS) is 10.5. The van der Waals surface area contributed by atoms with Gasteiger partial charge in [0.1, 0.15) is 0 Å². The van der Waals surface area contributed by atoms with Gasteiger partial charge in [-0.05, 0) is 19.8 Å². The van der Waals surface area contributed by atoms with Gasteiger partial charge < -0.3 is 15.4 Å². The van der Waals surface area contributed by atoms with Crippen LogP contribution in [0.5, 0.6) is 5.88 Å². The van der Waals surface area contributed by atoms with E-state index >= 15 is 0 Å². The summed E-state index contributed by atoms with van der Waals surface area (Å²) in [6, 6.07) is 1.87. The molecule has 0 aromatic carbocycles. The van der Waals surface area contributed by atoms with Gasteiger partial charge in [0.15, 0.2) is 0 Å². The summed E-state index contributed by atoms with van der Waals surface area (Å²) in [6.07, 6.45) is 3.23. The Kier molecular flexibility index (Phi) is 7.18. The number of anilines is 1. The average molecular weight is 266 g/mol. The van der Waals surface area contributed by atoms with Crippen LogP contribution in [0.1, 0.15) is 38.8 Å². The zero-order chi connectivity index (χ0) is 14.1. The molecular weight excluding hydrogens is 240 g/mol. The molecule has 0 saturated heterocycles. The van der Waals surface area contributed by atoms with Crippen molar-refractivity contribution in [3.05, 3.63) is 11.8 Å². The van der Waals surface area contributed by atoms with Crippen LogP contribution >= 0.6 is 0 Å². The van der Waals surface area contributed by atoms with Crippen LogP contribution in [-0.2, 0) is 0 Å². The third-order valence-corrected chi connectivity index (χ3v) is 2.74. The second-order valence-electron chi connectivity index (χ2n) is 4.63. The first kappa shape index (κ1) is 15.7. The highest BCUT2D eigenvalue weighted by atomic mass is 16.5. The van der Waals surface area contributed by atoms with Gasteiger partial charge >= 0.3 is 0 Å². The van der Waals surface area contributed by atoms with E-state index < -0.39 is 0 Å². The Bertz CT molecular complexity index is 370. The Morgan fingerprint density at radius 1 is 1.21 bits per heavy atom. The number of aryl methyl sites for hydroxylation is 1. The van der Waals surface area contributed by atoms with Gasteiger partial charge in [0, 0.05) is 31.4 Å². The molecule has 108 valence electrons. The van der Waals surface area contributed by atoms with Crippen molar-refractivity contribution in [3.63, 3.8) is 0 Å². The highest BCUT2D eigenvalue weighted by Gasteiger charge is 2.11. The largest absolute Gasteiger partial charge is 0.478 e. The van der Waals surface area contributed by atoms with Gasteiger partial charge in [-0.2, -0.15) is 4.98 Å². The molecule has 5 nitrogen and oxygen atoms in total. The summed E-state index contributed by atoms with van der Waals surface area (Å²) in [4.78, 5) is 11.1. The number of nitrogens with zero attached hydrogens (tertiary/aromatic N) is 3. The van der Waals surface area contributed by atoms with Gasteiger partial charge in [0.25, 0.3) is 0 Å². The quantitative estimate of drug-likeness (QED) is 0.742. The molecule has 1 rings (SSSR count). The average Bonchev–Trinajstić information content (AvgIpc) is 2.40. The van der Waals surface area contributed by atoms with Crippen molar-refractivity contribution in [3.8, 4) is 5.88 Å². The third kappa shape index (κ3) is 5.42. The zero-order valence-electron chi connectivity index (χ0n) is 12.4. The fraction of sp³-hybridized carbons (Fsp3) is 0.714. The first-order chi connectivity index (χ1) is 9.21. The minimum Gasteiger partial charge on any atom is -0.478 e. The van der Waals surface area contributed by atoms with E-state index in [0.717, 1.165) is 44.0 Å². The highest BCUT2D eigenvalue weighted by Crippen LogP contribution is 2.16. The van der Waals surface area contributed by atoms with Crippen molar-refractivity contribution in [1.82, 2.24) is 9.97 Å². The Labute approximate surface area is 116 Å². The Morgan fingerprint density at radius 3 is 2.63 bits per heavy atom. The van der Waals surface area contributed by atoms with E-state index in [1.54, 1.807) is 0 Å². The van der Waals surface area contributed by atoms with Crippen molar-refractivity contribution >= 4 is 5.95 Å². The minimum atomic E-state index is 0.603. The number of unbranched alkanes of at least 4 members (excludes halogenated alkanes) is 1. The lowest BCUT2D eigenvalue weighted by molar-refractivity contribution is 0.304. The molecule has 1 aromatic heterocycles. The van der Waals surface area contributed by atoms with Crippen molar-refractivity contribution in [2.24, 2.45) is 5.73 Å². The second-order valence-corrected chi connectivity index (χ2v) is 4.63. The Hall–Kier alpha value is -1.36. The predicted molar refractivity (Wildman–Crippen MR) is 78.7 cm³/mol. The first-order valence-electron chi connectivity index (χ1n) is 7.14. The van der Waals surface area contributed by atoms with Crippen LogP contribution in [0.15, 0.2) is 6.07 Å². The van der Waals surface area contributed by atoms with E-state index in [9.17, 15) is 0 Å². The highest BCUT2D eigenvalue weighted by molar-refractivity contribution is 5.34. The molecule has 0 aliphatic heterocycles. The maximum atomic E-state index is 5.67. The van der Waals surface area contributed by atoms with Crippen LogP contribution < -0.4 is 15.4 Å². The molecule has 0 spiro atoms. The van der Waals surface area contributed by atoms with Crippen molar-refractivity contribution in [1.29, 1.82) is 0 Å². The van der Waals surface area contributed by atoms with E-state index in [1.807, 2.05) is 13.0 Å². The number of aromatic nitrogens is 2. The van der Waals surface area contributed by atoms with Crippen molar-refractivity contribution in [2.45, 2.75) is 40.0 Å². The lowest BCUT2D eigenvalue weighted by atomic mass is 10.3. The molecule has 0 atom stereocenters. The third-order valence-electron chi connectivity index (χ3n) is 2.74. The molecule has 0 amide bonds. The molecule has 0 unspecified atom stereocenters. The SMILES string of the molecule is CCCCN(CCN)c1nc(C)cc(OCCC)n1. The number of hydrogen-bond acceptors (Lipinski definition) is 5. The summed E-state index contributed by atoms with van der Waals surface area (Å²) in [5, 5.41) is 0. The smallest absolute Gasteiger partial charge is 0.228 e. The second kappa shape index (κ2) is 8.69. The van der Waals surface area contributed by atoms with E-state index in [1.165, 1.54) is 0 Å². The lowest BCUT2D eigenvalue weighted by Gasteiger charge is -2.22. The molecule has 0 fully saturated rings. The van der Waals surface area contributed by atoms with Crippen molar-refractivity contribution < 1.29 is 4.74 Å². The van der Waals surface area contributed by atoms with Crippen molar-refractivity contribution in [2.75, 3.05) is 31.1 Å². The maximum Gasteiger partial charge on any atom is 0.228 e. The maximum absolute atomic E-state index is 5.67. The summed E-state index contributed by atoms with van der Waals surface area (Å²) in [5.74, 6) is 1.38. The minimum absolute atomic E-state index is 0.603. The molecule has 0 saturated carbocycles. The van der Waals surface area contributed by atoms with Crippen LogP contribution in [0.3, 0.4) is 0 Å². The molecule has 5 heteroatoms. The van der Waals surface area contributed by atoms with Crippen LogP contribution in [0.2, 0.25) is 0 Å². The van der Waals surface area contributed by atoms with E-state index in [2.05, 4.69) is 28.7 Å². The van der Waals surface area contributed by atoms with Gasteiger partial charge in [-0.3, -0.25) is 0 Å². The van der Waals surface area contributed by atoms with E-state index in [0.29, 0.717) is 19.0 Å². The summed E-state index contributed by atoms with van der Waals surface area (Å²) >= 11 is 0. The summed E-state index contributed by atoms with van der Waals surface area (Å²) in [6.45, 7) is 9.21. The summed E-state index contributed by atoms with van der Waals surface area (Å²) in [7, 11) is 0. The first-order valence-corrected chi connectivity index (χ1v) is 7.14. The van der Waals surface area contributed by atoms with Gasteiger partial charge in [0.2, 0.25) is 11.8 Å². The van der Waals surface area contributed by atoms with Crippen LogP contribution in [0.25, 0.3) is 0 Å². The zero-order valence-corrected chi connectivity index (χ0v) is 12.4. The van der Waals surface area contributed by atoms with Gasteiger partial charge in [-0.25, -0.2) is 4.98 Å². The molecule has 1 aromatic rings. The van der Waals surface area contributed by atoms with Gasteiger partial charge in [0.05, 0.1) is 6.61 Å². The molecule has 0 aliphatic rings. The van der Waals surface area contributed by atoms with Crippen LogP contribution in [0, 0.1) is 6.92 Å². The number of ether oxygens (including phenoxy) is 1. The van der Waals surface area contributed by atoms with Crippen LogP contribution in [0.4, 0.5) is 5.95 Å². The topological polar surface area (TPSA) is 64.3 Å². The fourth-order valence-electron chi connectivity index (χ4n) is 1.76. The Morgan fingerprint density at radius 2 is 2.00 bits per heavy atom. The summed E-state index contributed by atoms with van der Waals surface area (Å²) in [5.41, 5.74) is 6.59. The standard InChI is InChI=1S/C14H26N4O/c1-4-6-8-18(9-7-15)14-16-12(3)11-13(17-14)19-10-5-2/h11H,4-10,15H2,1-3H3. The molecule has 19 heavy (non-hydrogen) atoms. The fourth-order valence-corrected chi connectivity index (χ4v) is 1.76. The molecule has 1 heterocycles.